The first-order valence-corrected chi connectivity index (χ1v) is 8.20. The summed E-state index contributed by atoms with van der Waals surface area (Å²) in [6.07, 6.45) is 0. The molecule has 0 saturated carbocycles. The Morgan fingerprint density at radius 3 is 2.58 bits per heavy atom. The molecule has 1 N–H and O–H groups in total. The molecule has 0 aliphatic carbocycles. The van der Waals surface area contributed by atoms with Crippen LogP contribution in [0.2, 0.25) is 5.02 Å². The minimum absolute atomic E-state index is 0.120. The summed E-state index contributed by atoms with van der Waals surface area (Å²) in [5.74, 6) is -6.72. The van der Waals surface area contributed by atoms with Crippen LogP contribution in [0.15, 0.2) is 35.3 Å². The minimum Gasteiger partial charge on any atom is -0.480 e. The maximum Gasteiger partial charge on any atom is 0.323 e. The van der Waals surface area contributed by atoms with Crippen LogP contribution in [0.5, 0.6) is 0 Å². The van der Waals surface area contributed by atoms with Gasteiger partial charge < -0.3 is 9.67 Å². The first kappa shape index (κ1) is 18.2. The molecule has 26 heavy (non-hydrogen) atoms. The molecule has 0 saturated heterocycles. The highest BCUT2D eigenvalue weighted by atomic mass is 35.5. The van der Waals surface area contributed by atoms with Crippen LogP contribution >= 0.6 is 22.9 Å². The van der Waals surface area contributed by atoms with Crippen LogP contribution in [0.1, 0.15) is 10.4 Å². The van der Waals surface area contributed by atoms with E-state index in [1.165, 1.54) is 18.2 Å². The average Bonchev–Trinajstić information content (AvgIpc) is 2.90. The molecular weight excluding hydrogens is 393 g/mol. The largest absolute Gasteiger partial charge is 0.480 e. The van der Waals surface area contributed by atoms with Gasteiger partial charge in [0.15, 0.2) is 22.3 Å². The van der Waals surface area contributed by atoms with Crippen LogP contribution < -0.4 is 4.80 Å². The zero-order valence-electron chi connectivity index (χ0n) is 12.7. The summed E-state index contributed by atoms with van der Waals surface area (Å²) in [7, 11) is 0. The van der Waals surface area contributed by atoms with Crippen molar-refractivity contribution in [1.82, 2.24) is 4.57 Å². The van der Waals surface area contributed by atoms with E-state index in [2.05, 4.69) is 4.99 Å². The summed E-state index contributed by atoms with van der Waals surface area (Å²) in [6.45, 7) is -0.716. The zero-order valence-corrected chi connectivity index (χ0v) is 14.2. The number of hydrogen-bond acceptors (Lipinski definition) is 3. The number of fused-ring (bicyclic) bond motifs is 1. The molecule has 0 unspecified atom stereocenters. The van der Waals surface area contributed by atoms with Crippen molar-refractivity contribution in [3.63, 3.8) is 0 Å². The van der Waals surface area contributed by atoms with Crippen molar-refractivity contribution in [3.8, 4) is 0 Å². The number of carboxylic acids is 1. The second-order valence-corrected chi connectivity index (χ2v) is 6.54. The van der Waals surface area contributed by atoms with Crippen molar-refractivity contribution in [2.24, 2.45) is 4.99 Å². The van der Waals surface area contributed by atoms with E-state index in [1.807, 2.05) is 0 Å². The van der Waals surface area contributed by atoms with E-state index >= 15 is 0 Å². The molecule has 0 fully saturated rings. The highest BCUT2D eigenvalue weighted by Gasteiger charge is 2.20. The minimum atomic E-state index is -1.69. The Balaban J connectivity index is 2.26. The number of hydrogen-bond donors (Lipinski definition) is 1. The van der Waals surface area contributed by atoms with Gasteiger partial charge in [-0.05, 0) is 18.2 Å². The molecule has 2 aromatic carbocycles. The van der Waals surface area contributed by atoms with Crippen molar-refractivity contribution < 1.29 is 27.9 Å². The molecule has 0 spiro atoms. The third-order valence-corrected chi connectivity index (χ3v) is 4.70. The predicted molar refractivity (Wildman–Crippen MR) is 88.7 cm³/mol. The SMILES string of the molecule is O=C(O)Cn1c(=NC(=O)c2cccc(Cl)c2)sc2c(F)c(F)c(F)cc21. The molecule has 1 heterocycles. The average molecular weight is 401 g/mol. The Morgan fingerprint density at radius 1 is 1.19 bits per heavy atom. The molecule has 3 rings (SSSR count). The number of aliphatic carboxylic acids is 1. The van der Waals surface area contributed by atoms with Crippen LogP contribution in [0.25, 0.3) is 10.2 Å². The molecule has 10 heteroatoms. The first-order valence-electron chi connectivity index (χ1n) is 7.01. The van der Waals surface area contributed by atoms with Gasteiger partial charge in [-0.3, -0.25) is 9.59 Å². The molecule has 1 aromatic heterocycles. The van der Waals surface area contributed by atoms with E-state index in [1.54, 1.807) is 6.07 Å². The van der Waals surface area contributed by atoms with Gasteiger partial charge in [0.25, 0.3) is 5.91 Å². The lowest BCUT2D eigenvalue weighted by molar-refractivity contribution is -0.137. The van der Waals surface area contributed by atoms with E-state index < -0.39 is 35.9 Å². The number of rotatable bonds is 3. The topological polar surface area (TPSA) is 71.7 Å². The van der Waals surface area contributed by atoms with Crippen LogP contribution in [0, 0.1) is 17.5 Å². The highest BCUT2D eigenvalue weighted by molar-refractivity contribution is 7.16. The van der Waals surface area contributed by atoms with Gasteiger partial charge in [-0.15, -0.1) is 0 Å². The van der Waals surface area contributed by atoms with Gasteiger partial charge in [0.05, 0.1) is 10.2 Å². The van der Waals surface area contributed by atoms with Gasteiger partial charge in [0.1, 0.15) is 6.54 Å². The predicted octanol–water partition coefficient (Wildman–Crippen LogP) is 3.60. The summed E-state index contributed by atoms with van der Waals surface area (Å²) in [5, 5.41) is 9.32. The quantitative estimate of drug-likeness (QED) is 0.683. The third-order valence-electron chi connectivity index (χ3n) is 3.38. The van der Waals surface area contributed by atoms with E-state index in [9.17, 15) is 22.8 Å². The fraction of sp³-hybridized carbons (Fsp3) is 0.0625. The van der Waals surface area contributed by atoms with Crippen LogP contribution in [0.3, 0.4) is 0 Å². The van der Waals surface area contributed by atoms with Crippen molar-refractivity contribution in [2.75, 3.05) is 0 Å². The number of carbonyl (C=O) groups excluding carboxylic acids is 1. The van der Waals surface area contributed by atoms with Crippen LogP contribution in [-0.2, 0) is 11.3 Å². The summed E-state index contributed by atoms with van der Waals surface area (Å²) < 4.78 is 41.6. The number of amides is 1. The third kappa shape index (κ3) is 3.35. The monoisotopic (exact) mass is 400 g/mol. The second-order valence-electron chi connectivity index (χ2n) is 5.13. The molecule has 0 bridgehead atoms. The molecule has 0 aliphatic heterocycles. The number of carbonyl (C=O) groups is 2. The summed E-state index contributed by atoms with van der Waals surface area (Å²) in [4.78, 5) is 26.9. The lowest BCUT2D eigenvalue weighted by Gasteiger charge is -2.02. The molecule has 0 radical (unpaired) electrons. The molecule has 134 valence electrons. The van der Waals surface area contributed by atoms with Crippen molar-refractivity contribution >= 4 is 45.0 Å². The van der Waals surface area contributed by atoms with E-state index in [0.717, 1.165) is 4.57 Å². The molecule has 0 atom stereocenters. The number of nitrogens with zero attached hydrogens (tertiary/aromatic N) is 2. The van der Waals surface area contributed by atoms with Crippen molar-refractivity contribution in [1.29, 1.82) is 0 Å². The van der Waals surface area contributed by atoms with Gasteiger partial charge in [0.2, 0.25) is 0 Å². The lowest BCUT2D eigenvalue weighted by atomic mass is 10.2. The number of benzene rings is 2. The molecule has 3 aromatic rings. The second kappa shape index (κ2) is 6.93. The fourth-order valence-electron chi connectivity index (χ4n) is 2.26. The smallest absolute Gasteiger partial charge is 0.323 e. The van der Waals surface area contributed by atoms with Gasteiger partial charge in [-0.1, -0.05) is 29.0 Å². The van der Waals surface area contributed by atoms with E-state index in [0.29, 0.717) is 17.4 Å². The number of halogens is 4. The highest BCUT2D eigenvalue weighted by Crippen LogP contribution is 2.25. The van der Waals surface area contributed by atoms with Gasteiger partial charge in [0, 0.05) is 16.7 Å². The Morgan fingerprint density at radius 2 is 1.92 bits per heavy atom. The summed E-state index contributed by atoms with van der Waals surface area (Å²) in [5.41, 5.74) is -0.0962. The van der Waals surface area contributed by atoms with Crippen LogP contribution in [0.4, 0.5) is 13.2 Å². The van der Waals surface area contributed by atoms with Crippen molar-refractivity contribution in [2.45, 2.75) is 6.54 Å². The molecular formula is C16H8ClF3N2O3S. The Hall–Kier alpha value is -2.65. The number of carboxylic acid groups (broad SMARTS) is 1. The van der Waals surface area contributed by atoms with Crippen molar-refractivity contribution in [3.05, 3.63) is 63.2 Å². The van der Waals surface area contributed by atoms with Gasteiger partial charge in [-0.2, -0.15) is 4.99 Å². The first-order chi connectivity index (χ1) is 12.3. The van der Waals surface area contributed by atoms with E-state index in [-0.39, 0.29) is 25.6 Å². The Kier molecular flexibility index (Phi) is 4.84. The molecule has 0 aliphatic rings. The normalized spacial score (nSPS) is 11.9. The fourth-order valence-corrected chi connectivity index (χ4v) is 3.48. The molecule has 1 amide bonds. The van der Waals surface area contributed by atoms with Gasteiger partial charge >= 0.3 is 5.97 Å². The number of aromatic nitrogens is 1. The lowest BCUT2D eigenvalue weighted by Crippen LogP contribution is -2.21. The Labute approximate surface area is 152 Å². The van der Waals surface area contributed by atoms with Gasteiger partial charge in [-0.25, -0.2) is 13.2 Å². The molecule has 5 nitrogen and oxygen atoms in total. The zero-order chi connectivity index (χ0) is 19.0. The maximum atomic E-state index is 14.0. The maximum absolute atomic E-state index is 14.0. The summed E-state index contributed by atoms with van der Waals surface area (Å²) >= 11 is 6.34. The Bertz CT molecular complexity index is 1120. The summed E-state index contributed by atoms with van der Waals surface area (Å²) in [6, 6.07) is 6.51. The standard InChI is InChI=1S/C16H8ClF3N2O3S/c17-8-3-1-2-7(4-8)15(25)21-16-22(6-11(23)24)10-5-9(18)12(19)13(20)14(10)26-16/h1-5H,6H2,(H,23,24). The number of thiazole rings is 1. The van der Waals surface area contributed by atoms with Crippen LogP contribution in [-0.4, -0.2) is 21.6 Å². The van der Waals surface area contributed by atoms with E-state index in [4.69, 9.17) is 16.7 Å².